The van der Waals surface area contributed by atoms with E-state index in [4.69, 9.17) is 0 Å². The molecule has 36 heavy (non-hydrogen) atoms. The molecule has 4 rings (SSSR count). The number of amides is 2. The molecule has 0 saturated carbocycles. The number of likely N-dealkylation sites (tertiary alicyclic amines) is 1. The lowest BCUT2D eigenvalue weighted by molar-refractivity contribution is -0.138. The lowest BCUT2D eigenvalue weighted by Gasteiger charge is -2.30. The minimum Gasteiger partial charge on any atom is -0.435 e. The third-order valence-electron chi connectivity index (χ3n) is 6.41. The van der Waals surface area contributed by atoms with Gasteiger partial charge in [-0.05, 0) is 43.7 Å². The monoisotopic (exact) mass is 514 g/mol. The van der Waals surface area contributed by atoms with E-state index in [9.17, 15) is 26.7 Å². The van der Waals surface area contributed by atoms with Crippen LogP contribution >= 0.6 is 0 Å². The molecular formula is C23H27F5N6O2. The first-order chi connectivity index (χ1) is 17.0. The number of rotatable bonds is 6. The van der Waals surface area contributed by atoms with Gasteiger partial charge >= 0.3 is 18.8 Å². The average molecular weight is 514 g/mol. The molecule has 1 saturated heterocycles. The zero-order chi connectivity index (χ0) is 26.0. The molecule has 1 aromatic heterocycles. The van der Waals surface area contributed by atoms with E-state index in [1.54, 1.807) is 17.0 Å². The quantitative estimate of drug-likeness (QED) is 0.574. The van der Waals surface area contributed by atoms with Gasteiger partial charge in [0.05, 0.1) is 18.3 Å². The summed E-state index contributed by atoms with van der Waals surface area (Å²) in [5.74, 6) is -0.135. The Morgan fingerprint density at radius 2 is 1.92 bits per heavy atom. The SMILES string of the molecule is C[C@H](Nc1ncc2c(n1)CN(C(=O)N[C@@H]1CN(C)C[C@H]1c1ccc(OC(F)F)cc1)CC2)C(F)(F)F. The van der Waals surface area contributed by atoms with Gasteiger partial charge in [-0.2, -0.15) is 22.0 Å². The fourth-order valence-electron chi connectivity index (χ4n) is 4.45. The Morgan fingerprint density at radius 3 is 2.58 bits per heavy atom. The number of carbonyl (C=O) groups is 1. The first kappa shape index (κ1) is 25.9. The summed E-state index contributed by atoms with van der Waals surface area (Å²) in [6.07, 6.45) is -2.46. The average Bonchev–Trinajstić information content (AvgIpc) is 3.17. The molecule has 1 aromatic carbocycles. The topological polar surface area (TPSA) is 82.6 Å². The molecule has 0 spiro atoms. The number of carbonyl (C=O) groups excluding carboxylic acids is 1. The van der Waals surface area contributed by atoms with Crippen LogP contribution in [0.15, 0.2) is 30.5 Å². The van der Waals surface area contributed by atoms with E-state index in [0.29, 0.717) is 31.7 Å². The highest BCUT2D eigenvalue weighted by molar-refractivity contribution is 5.75. The van der Waals surface area contributed by atoms with Crippen LogP contribution in [0.25, 0.3) is 0 Å². The van der Waals surface area contributed by atoms with Gasteiger partial charge in [-0.15, -0.1) is 0 Å². The number of anilines is 1. The summed E-state index contributed by atoms with van der Waals surface area (Å²) in [5, 5.41) is 5.31. The molecular weight excluding hydrogens is 487 g/mol. The van der Waals surface area contributed by atoms with Crippen LogP contribution in [0.4, 0.5) is 32.7 Å². The Hall–Kier alpha value is -3.22. The number of ether oxygens (including phenoxy) is 1. The molecule has 3 atom stereocenters. The van der Waals surface area contributed by atoms with E-state index >= 15 is 0 Å². The van der Waals surface area contributed by atoms with Crippen LogP contribution in [0.5, 0.6) is 5.75 Å². The van der Waals surface area contributed by atoms with Gasteiger partial charge in [-0.25, -0.2) is 14.8 Å². The van der Waals surface area contributed by atoms with E-state index in [0.717, 1.165) is 18.1 Å². The highest BCUT2D eigenvalue weighted by atomic mass is 19.4. The summed E-state index contributed by atoms with van der Waals surface area (Å²) in [7, 11) is 1.93. The van der Waals surface area contributed by atoms with Crippen molar-refractivity contribution in [3.8, 4) is 5.75 Å². The van der Waals surface area contributed by atoms with Gasteiger partial charge in [0.2, 0.25) is 5.95 Å². The smallest absolute Gasteiger partial charge is 0.408 e. The van der Waals surface area contributed by atoms with Gasteiger partial charge in [0.25, 0.3) is 0 Å². The molecule has 0 radical (unpaired) electrons. The van der Waals surface area contributed by atoms with Crippen LogP contribution in [-0.4, -0.2) is 77.4 Å². The number of urea groups is 1. The summed E-state index contributed by atoms with van der Waals surface area (Å²) >= 11 is 0. The van der Waals surface area contributed by atoms with Gasteiger partial charge in [0, 0.05) is 31.7 Å². The predicted octanol–water partition coefficient (Wildman–Crippen LogP) is 3.61. The summed E-state index contributed by atoms with van der Waals surface area (Å²) in [5.41, 5.74) is 2.17. The maximum atomic E-state index is 13.1. The lowest BCUT2D eigenvalue weighted by Crippen LogP contribution is -2.49. The first-order valence-corrected chi connectivity index (χ1v) is 11.5. The van der Waals surface area contributed by atoms with Crippen LogP contribution in [-0.2, 0) is 13.0 Å². The van der Waals surface area contributed by atoms with Gasteiger partial charge in [-0.1, -0.05) is 12.1 Å². The molecule has 2 aliphatic heterocycles. The maximum absolute atomic E-state index is 13.1. The first-order valence-electron chi connectivity index (χ1n) is 11.5. The molecule has 2 aliphatic rings. The highest BCUT2D eigenvalue weighted by Gasteiger charge is 2.37. The third-order valence-corrected chi connectivity index (χ3v) is 6.41. The molecule has 2 N–H and O–H groups in total. The summed E-state index contributed by atoms with van der Waals surface area (Å²) in [4.78, 5) is 24.9. The number of fused-ring (bicyclic) bond motifs is 1. The van der Waals surface area contributed by atoms with Crippen molar-refractivity contribution >= 4 is 12.0 Å². The second-order valence-corrected chi connectivity index (χ2v) is 9.08. The van der Waals surface area contributed by atoms with Crippen LogP contribution < -0.4 is 15.4 Å². The number of likely N-dealkylation sites (N-methyl/N-ethyl adjacent to an activating group) is 1. The molecule has 2 amide bonds. The summed E-state index contributed by atoms with van der Waals surface area (Å²) in [6, 6.07) is 4.04. The lowest BCUT2D eigenvalue weighted by atomic mass is 9.94. The number of aromatic nitrogens is 2. The summed E-state index contributed by atoms with van der Waals surface area (Å²) < 4.78 is 67.9. The largest absolute Gasteiger partial charge is 0.435 e. The molecule has 8 nitrogen and oxygen atoms in total. The highest BCUT2D eigenvalue weighted by Crippen LogP contribution is 2.29. The van der Waals surface area contributed by atoms with Crippen molar-refractivity contribution in [1.82, 2.24) is 25.1 Å². The summed E-state index contributed by atoms with van der Waals surface area (Å²) in [6.45, 7) is -0.0894. The minimum atomic E-state index is -4.44. The second kappa shape index (κ2) is 10.4. The maximum Gasteiger partial charge on any atom is 0.408 e. The second-order valence-electron chi connectivity index (χ2n) is 9.08. The fraction of sp³-hybridized carbons (Fsp3) is 0.522. The number of benzene rings is 1. The van der Waals surface area contributed by atoms with Crippen molar-refractivity contribution < 1.29 is 31.5 Å². The molecule has 1 fully saturated rings. The number of hydrogen-bond acceptors (Lipinski definition) is 6. The Kier molecular flexibility index (Phi) is 7.48. The Balaban J connectivity index is 1.41. The predicted molar refractivity (Wildman–Crippen MR) is 121 cm³/mol. The number of nitrogens with one attached hydrogen (secondary N) is 2. The van der Waals surface area contributed by atoms with Crippen LogP contribution in [0.1, 0.15) is 29.7 Å². The molecule has 3 heterocycles. The van der Waals surface area contributed by atoms with E-state index in [1.807, 2.05) is 7.05 Å². The van der Waals surface area contributed by atoms with Crippen molar-refractivity contribution in [3.05, 3.63) is 47.3 Å². The van der Waals surface area contributed by atoms with E-state index in [2.05, 4.69) is 30.2 Å². The van der Waals surface area contributed by atoms with Crippen LogP contribution in [0, 0.1) is 0 Å². The number of nitrogens with zero attached hydrogens (tertiary/aromatic N) is 4. The third kappa shape index (κ3) is 6.12. The zero-order valence-corrected chi connectivity index (χ0v) is 19.7. The number of alkyl halides is 5. The van der Waals surface area contributed by atoms with E-state index in [-0.39, 0.29) is 36.2 Å². The molecule has 0 unspecified atom stereocenters. The molecule has 0 bridgehead atoms. The van der Waals surface area contributed by atoms with Gasteiger partial charge in [-0.3, -0.25) is 0 Å². The fourth-order valence-corrected chi connectivity index (χ4v) is 4.45. The van der Waals surface area contributed by atoms with Crippen molar-refractivity contribution in [3.63, 3.8) is 0 Å². The zero-order valence-electron chi connectivity index (χ0n) is 19.7. The van der Waals surface area contributed by atoms with Crippen molar-refractivity contribution in [2.24, 2.45) is 0 Å². The van der Waals surface area contributed by atoms with Crippen molar-refractivity contribution in [2.75, 3.05) is 32.0 Å². The van der Waals surface area contributed by atoms with Gasteiger partial charge in [0.15, 0.2) is 0 Å². The number of hydrogen-bond donors (Lipinski definition) is 2. The van der Waals surface area contributed by atoms with E-state index in [1.165, 1.54) is 18.3 Å². The van der Waals surface area contributed by atoms with Crippen molar-refractivity contribution in [2.45, 2.75) is 50.7 Å². The Labute approximate surface area is 204 Å². The molecule has 196 valence electrons. The van der Waals surface area contributed by atoms with Crippen LogP contribution in [0.2, 0.25) is 0 Å². The molecule has 13 heteroatoms. The Morgan fingerprint density at radius 1 is 1.19 bits per heavy atom. The molecule has 2 aromatic rings. The minimum absolute atomic E-state index is 0.0568. The van der Waals surface area contributed by atoms with Gasteiger partial charge < -0.3 is 25.2 Å². The number of halogens is 5. The van der Waals surface area contributed by atoms with Crippen LogP contribution in [0.3, 0.4) is 0 Å². The normalized spacial score (nSPS) is 21.3. The Bertz CT molecular complexity index is 1070. The van der Waals surface area contributed by atoms with Crippen molar-refractivity contribution in [1.29, 1.82) is 0 Å². The van der Waals surface area contributed by atoms with E-state index < -0.39 is 18.8 Å². The van der Waals surface area contributed by atoms with Gasteiger partial charge in [0.1, 0.15) is 11.8 Å². The molecule has 0 aliphatic carbocycles. The standard InChI is InChI=1S/C23H27F5N6O2/c1-13(23(26,27)28)30-21-29-9-15-7-8-34(12-18(15)31-21)22(35)32-19-11-33(2)10-17(19)14-3-5-16(6-4-14)36-20(24)25/h3-6,9,13,17,19-20H,7-8,10-12H2,1-2H3,(H,32,35)(H,29,30,31)/t13-,17-,19+/m0/s1.